The largest absolute Gasteiger partial charge is 0.350 e. The van der Waals surface area contributed by atoms with Gasteiger partial charge in [0.05, 0.1) is 10.6 Å². The summed E-state index contributed by atoms with van der Waals surface area (Å²) in [6.45, 7) is 8.64. The van der Waals surface area contributed by atoms with Crippen molar-refractivity contribution in [3.05, 3.63) is 92.4 Å². The maximum absolute atomic E-state index is 14.2. The van der Waals surface area contributed by atoms with Crippen molar-refractivity contribution in [1.82, 2.24) is 10.2 Å². The minimum absolute atomic E-state index is 0.0260. The second-order valence-electron chi connectivity index (χ2n) is 10.7. The molecule has 3 aromatic rings. The van der Waals surface area contributed by atoms with Gasteiger partial charge in [-0.25, -0.2) is 8.42 Å². The molecular formula is C30H34BrCl2N3O4S. The summed E-state index contributed by atoms with van der Waals surface area (Å²) in [4.78, 5) is 29.0. The lowest BCUT2D eigenvalue weighted by Crippen LogP contribution is -2.55. The number of rotatable bonds is 10. The minimum atomic E-state index is -4.16. The normalized spacial score (nSPS) is 12.5. The van der Waals surface area contributed by atoms with Crippen LogP contribution in [0.15, 0.2) is 76.1 Å². The summed E-state index contributed by atoms with van der Waals surface area (Å²) in [5.41, 5.74) is 1.22. The zero-order chi connectivity index (χ0) is 30.5. The van der Waals surface area contributed by atoms with Crippen LogP contribution in [0.5, 0.6) is 0 Å². The maximum Gasteiger partial charge on any atom is 0.264 e. The highest BCUT2D eigenvalue weighted by Crippen LogP contribution is 2.28. The molecule has 41 heavy (non-hydrogen) atoms. The predicted molar refractivity (Wildman–Crippen MR) is 169 cm³/mol. The van der Waals surface area contributed by atoms with Crippen molar-refractivity contribution < 1.29 is 18.0 Å². The van der Waals surface area contributed by atoms with Crippen molar-refractivity contribution >= 4 is 66.7 Å². The molecule has 11 heteroatoms. The Kier molecular flexibility index (Phi) is 10.9. The Balaban J connectivity index is 2.10. The Hall–Kier alpha value is -2.59. The van der Waals surface area contributed by atoms with Crippen LogP contribution in [0.25, 0.3) is 0 Å². The number of sulfonamides is 1. The SMILES string of the molecule is CCC(C(=O)NC(C)(C)C)N(Cc1ccc(Cl)cc1Cl)C(=O)CN(c1cccc(Br)c1)S(=O)(=O)c1ccc(C)cc1. The zero-order valence-electron chi connectivity index (χ0n) is 23.6. The van der Waals surface area contributed by atoms with E-state index in [-0.39, 0.29) is 17.3 Å². The van der Waals surface area contributed by atoms with Gasteiger partial charge in [0.2, 0.25) is 11.8 Å². The standard InChI is InChI=1S/C30H34BrCl2N3O4S/c1-6-27(29(38)34-30(3,4)5)35(18-21-12-13-23(32)17-26(21)33)28(37)19-36(24-9-7-8-22(31)16-24)41(39,40)25-14-10-20(2)11-15-25/h7-17,27H,6,18-19H2,1-5H3,(H,34,38). The number of halogens is 3. The highest BCUT2D eigenvalue weighted by Gasteiger charge is 2.35. The molecule has 0 fully saturated rings. The third-order valence-corrected chi connectivity index (χ3v) is 9.09. The lowest BCUT2D eigenvalue weighted by atomic mass is 10.1. The molecule has 0 aromatic heterocycles. The van der Waals surface area contributed by atoms with Crippen molar-refractivity contribution in [2.75, 3.05) is 10.8 Å². The second kappa shape index (κ2) is 13.6. The van der Waals surface area contributed by atoms with Gasteiger partial charge in [-0.15, -0.1) is 0 Å². The van der Waals surface area contributed by atoms with Gasteiger partial charge in [-0.1, -0.05) is 75.9 Å². The van der Waals surface area contributed by atoms with E-state index in [1.54, 1.807) is 61.5 Å². The van der Waals surface area contributed by atoms with E-state index < -0.39 is 34.1 Å². The van der Waals surface area contributed by atoms with Gasteiger partial charge in [0.1, 0.15) is 12.6 Å². The molecule has 1 atom stereocenters. The van der Waals surface area contributed by atoms with E-state index in [1.165, 1.54) is 17.0 Å². The summed E-state index contributed by atoms with van der Waals surface area (Å²) in [5.74, 6) is -0.920. The Morgan fingerprint density at radius 3 is 2.22 bits per heavy atom. The number of amides is 2. The van der Waals surface area contributed by atoms with E-state index in [4.69, 9.17) is 23.2 Å². The Morgan fingerprint density at radius 1 is 1.00 bits per heavy atom. The molecule has 0 saturated carbocycles. The summed E-state index contributed by atoms with van der Waals surface area (Å²) < 4.78 is 29.6. The highest BCUT2D eigenvalue weighted by molar-refractivity contribution is 9.10. The Labute approximate surface area is 261 Å². The van der Waals surface area contributed by atoms with Crippen LogP contribution in [-0.4, -0.2) is 43.3 Å². The lowest BCUT2D eigenvalue weighted by molar-refractivity contribution is -0.141. The molecule has 1 unspecified atom stereocenters. The summed E-state index contributed by atoms with van der Waals surface area (Å²) >= 11 is 16.0. The van der Waals surface area contributed by atoms with Gasteiger partial charge in [-0.3, -0.25) is 13.9 Å². The third kappa shape index (κ3) is 8.70. The van der Waals surface area contributed by atoms with Crippen LogP contribution < -0.4 is 9.62 Å². The third-order valence-electron chi connectivity index (χ3n) is 6.22. The van der Waals surface area contributed by atoms with Gasteiger partial charge < -0.3 is 10.2 Å². The van der Waals surface area contributed by atoms with Gasteiger partial charge >= 0.3 is 0 Å². The number of hydrogen-bond donors (Lipinski definition) is 1. The van der Waals surface area contributed by atoms with Crippen molar-refractivity contribution in [3.63, 3.8) is 0 Å². The molecule has 0 radical (unpaired) electrons. The first-order valence-electron chi connectivity index (χ1n) is 13.0. The lowest BCUT2D eigenvalue weighted by Gasteiger charge is -2.35. The van der Waals surface area contributed by atoms with Crippen molar-refractivity contribution in [1.29, 1.82) is 0 Å². The highest BCUT2D eigenvalue weighted by atomic mass is 79.9. The van der Waals surface area contributed by atoms with E-state index >= 15 is 0 Å². The van der Waals surface area contributed by atoms with E-state index in [0.717, 1.165) is 9.87 Å². The molecule has 0 saturated heterocycles. The fourth-order valence-electron chi connectivity index (χ4n) is 4.20. The van der Waals surface area contributed by atoms with E-state index in [9.17, 15) is 18.0 Å². The summed E-state index contributed by atoms with van der Waals surface area (Å²) in [6.07, 6.45) is 0.292. The fraction of sp³-hybridized carbons (Fsp3) is 0.333. The molecule has 0 aliphatic rings. The quantitative estimate of drug-likeness (QED) is 0.250. The molecule has 0 aliphatic carbocycles. The van der Waals surface area contributed by atoms with Crippen LogP contribution in [0, 0.1) is 6.92 Å². The number of hydrogen-bond acceptors (Lipinski definition) is 4. The molecule has 0 aliphatic heterocycles. The van der Waals surface area contributed by atoms with Gasteiger partial charge in [0.15, 0.2) is 0 Å². The van der Waals surface area contributed by atoms with Crippen molar-refractivity contribution in [3.8, 4) is 0 Å². The van der Waals surface area contributed by atoms with E-state index in [1.807, 2.05) is 27.7 Å². The number of nitrogens with zero attached hydrogens (tertiary/aromatic N) is 2. The van der Waals surface area contributed by atoms with Crippen molar-refractivity contribution in [2.45, 2.75) is 64.1 Å². The predicted octanol–water partition coefficient (Wildman–Crippen LogP) is 6.98. The number of anilines is 1. The number of benzene rings is 3. The van der Waals surface area contributed by atoms with Crippen LogP contribution >= 0.6 is 39.1 Å². The molecule has 220 valence electrons. The molecule has 2 amide bonds. The van der Waals surface area contributed by atoms with Gasteiger partial charge in [0.25, 0.3) is 10.0 Å². The molecule has 0 bridgehead atoms. The van der Waals surface area contributed by atoms with Crippen molar-refractivity contribution in [2.24, 2.45) is 0 Å². The van der Waals surface area contributed by atoms with E-state index in [0.29, 0.717) is 32.2 Å². The minimum Gasteiger partial charge on any atom is -0.350 e. The first kappa shape index (κ1) is 32.9. The molecule has 3 rings (SSSR count). The smallest absolute Gasteiger partial charge is 0.264 e. The number of carbonyl (C=O) groups is 2. The molecular weight excluding hydrogens is 649 g/mol. The monoisotopic (exact) mass is 681 g/mol. The Morgan fingerprint density at radius 2 is 1.66 bits per heavy atom. The summed E-state index contributed by atoms with van der Waals surface area (Å²) in [6, 6.07) is 17.1. The zero-order valence-corrected chi connectivity index (χ0v) is 27.5. The average Bonchev–Trinajstić information content (AvgIpc) is 2.87. The summed E-state index contributed by atoms with van der Waals surface area (Å²) in [5, 5.41) is 3.70. The number of aryl methyl sites for hydroxylation is 1. The average molecular weight is 683 g/mol. The van der Waals surface area contributed by atoms with Gasteiger partial charge in [-0.2, -0.15) is 0 Å². The Bertz CT molecular complexity index is 1510. The fourth-order valence-corrected chi connectivity index (χ4v) is 6.46. The van der Waals surface area contributed by atoms with Gasteiger partial charge in [0, 0.05) is 26.6 Å². The van der Waals surface area contributed by atoms with Crippen LogP contribution in [0.2, 0.25) is 10.0 Å². The second-order valence-corrected chi connectivity index (χ2v) is 14.3. The van der Waals surface area contributed by atoms with Crippen LogP contribution in [0.3, 0.4) is 0 Å². The summed E-state index contributed by atoms with van der Waals surface area (Å²) in [7, 11) is -4.16. The van der Waals surface area contributed by atoms with E-state index in [2.05, 4.69) is 21.2 Å². The molecule has 1 N–H and O–H groups in total. The van der Waals surface area contributed by atoms with Crippen LogP contribution in [0.4, 0.5) is 5.69 Å². The number of nitrogens with one attached hydrogen (secondary N) is 1. The maximum atomic E-state index is 14.2. The van der Waals surface area contributed by atoms with Crippen LogP contribution in [-0.2, 0) is 26.2 Å². The number of carbonyl (C=O) groups excluding carboxylic acids is 2. The molecule has 0 spiro atoms. The molecule has 0 heterocycles. The van der Waals surface area contributed by atoms with Crippen LogP contribution in [0.1, 0.15) is 45.2 Å². The first-order chi connectivity index (χ1) is 19.1. The molecule has 7 nitrogen and oxygen atoms in total. The molecule has 3 aromatic carbocycles. The topological polar surface area (TPSA) is 86.8 Å². The first-order valence-corrected chi connectivity index (χ1v) is 16.0. The van der Waals surface area contributed by atoms with Gasteiger partial charge in [-0.05, 0) is 82.1 Å².